The van der Waals surface area contributed by atoms with E-state index in [1.807, 2.05) is 19.2 Å². The van der Waals surface area contributed by atoms with Gasteiger partial charge in [-0.05, 0) is 30.9 Å². The normalized spacial score (nSPS) is 17.1. The Balaban J connectivity index is 1.67. The van der Waals surface area contributed by atoms with Gasteiger partial charge in [-0.1, -0.05) is 31.5 Å². The van der Waals surface area contributed by atoms with Gasteiger partial charge in [0.05, 0.1) is 6.61 Å². The predicted octanol–water partition coefficient (Wildman–Crippen LogP) is 2.92. The molecule has 0 amide bonds. The molecular formula is C19H31N3O2. The molecule has 5 heteroatoms. The molecule has 1 aromatic carbocycles. The second kappa shape index (κ2) is 10.9. The standard InChI is InChI=1S/C19H31N3O2/c1-3-4-12-23-13-7-11-21-19(20-2)22-15-16-10-14-24-18-9-6-5-8-17(16)18/h5-6,8-9,16H,3-4,7,10-15H2,1-2H3,(H2,20,21,22). The van der Waals surface area contributed by atoms with E-state index in [1.165, 1.54) is 12.0 Å². The van der Waals surface area contributed by atoms with Crippen LogP contribution in [0, 0.1) is 0 Å². The summed E-state index contributed by atoms with van der Waals surface area (Å²) in [7, 11) is 1.81. The lowest BCUT2D eigenvalue weighted by molar-refractivity contribution is 0.129. The van der Waals surface area contributed by atoms with E-state index in [1.54, 1.807) is 0 Å². The minimum atomic E-state index is 0.464. The summed E-state index contributed by atoms with van der Waals surface area (Å²) in [4.78, 5) is 4.30. The first-order valence-electron chi connectivity index (χ1n) is 9.09. The van der Waals surface area contributed by atoms with E-state index < -0.39 is 0 Å². The van der Waals surface area contributed by atoms with Gasteiger partial charge in [0, 0.05) is 39.3 Å². The van der Waals surface area contributed by atoms with Gasteiger partial charge in [-0.25, -0.2) is 0 Å². The highest BCUT2D eigenvalue weighted by Crippen LogP contribution is 2.32. The molecule has 2 N–H and O–H groups in total. The quantitative estimate of drug-likeness (QED) is 0.414. The molecule has 5 nitrogen and oxygen atoms in total. The highest BCUT2D eigenvalue weighted by Gasteiger charge is 2.20. The number of fused-ring (bicyclic) bond motifs is 1. The van der Waals surface area contributed by atoms with Crippen LogP contribution in [0.15, 0.2) is 29.3 Å². The zero-order valence-electron chi connectivity index (χ0n) is 15.0. The summed E-state index contributed by atoms with van der Waals surface area (Å²) in [5.74, 6) is 2.33. The summed E-state index contributed by atoms with van der Waals surface area (Å²) < 4.78 is 11.3. The molecule has 1 aliphatic rings. The van der Waals surface area contributed by atoms with Gasteiger partial charge in [-0.2, -0.15) is 0 Å². The Morgan fingerprint density at radius 2 is 2.08 bits per heavy atom. The number of unbranched alkanes of at least 4 members (excludes halogenated alkanes) is 1. The number of hydrogen-bond donors (Lipinski definition) is 2. The van der Waals surface area contributed by atoms with Crippen LogP contribution < -0.4 is 15.4 Å². The molecule has 0 aliphatic carbocycles. The van der Waals surface area contributed by atoms with Crippen LogP contribution in [0.4, 0.5) is 0 Å². The molecule has 0 aromatic heterocycles. The maximum atomic E-state index is 5.72. The van der Waals surface area contributed by atoms with Crippen LogP contribution in [0.25, 0.3) is 0 Å². The molecule has 1 atom stereocenters. The third kappa shape index (κ3) is 6.04. The maximum Gasteiger partial charge on any atom is 0.190 e. The number of para-hydroxylation sites is 1. The number of nitrogens with one attached hydrogen (secondary N) is 2. The second-order valence-corrected chi connectivity index (χ2v) is 6.07. The number of nitrogens with zero attached hydrogens (tertiary/aromatic N) is 1. The van der Waals surface area contributed by atoms with Crippen LogP contribution in [0.5, 0.6) is 5.75 Å². The molecule has 1 aliphatic heterocycles. The first kappa shape index (κ1) is 18.6. The van der Waals surface area contributed by atoms with Gasteiger partial charge >= 0.3 is 0 Å². The summed E-state index contributed by atoms with van der Waals surface area (Å²) in [5.41, 5.74) is 1.29. The predicted molar refractivity (Wildman–Crippen MR) is 99.0 cm³/mol. The largest absolute Gasteiger partial charge is 0.493 e. The van der Waals surface area contributed by atoms with Crippen molar-refractivity contribution < 1.29 is 9.47 Å². The van der Waals surface area contributed by atoms with Crippen molar-refractivity contribution in [1.29, 1.82) is 0 Å². The van der Waals surface area contributed by atoms with Crippen molar-refractivity contribution in [3.8, 4) is 5.75 Å². The molecule has 1 unspecified atom stereocenters. The van der Waals surface area contributed by atoms with Crippen molar-refractivity contribution in [2.75, 3.05) is 40.0 Å². The molecule has 1 heterocycles. The molecular weight excluding hydrogens is 302 g/mol. The number of ether oxygens (including phenoxy) is 2. The maximum absolute atomic E-state index is 5.72. The Morgan fingerprint density at radius 1 is 1.25 bits per heavy atom. The number of benzene rings is 1. The summed E-state index contributed by atoms with van der Waals surface area (Å²) >= 11 is 0. The van der Waals surface area contributed by atoms with E-state index in [0.717, 1.165) is 63.9 Å². The van der Waals surface area contributed by atoms with Gasteiger partial charge in [0.1, 0.15) is 5.75 Å². The van der Waals surface area contributed by atoms with Gasteiger partial charge in [-0.3, -0.25) is 4.99 Å². The van der Waals surface area contributed by atoms with Gasteiger partial charge < -0.3 is 20.1 Å². The first-order chi connectivity index (χ1) is 11.8. The third-order valence-electron chi connectivity index (χ3n) is 4.22. The van der Waals surface area contributed by atoms with E-state index in [2.05, 4.69) is 34.7 Å². The zero-order valence-corrected chi connectivity index (χ0v) is 15.0. The van der Waals surface area contributed by atoms with E-state index in [4.69, 9.17) is 9.47 Å². The monoisotopic (exact) mass is 333 g/mol. The van der Waals surface area contributed by atoms with Crippen molar-refractivity contribution in [1.82, 2.24) is 10.6 Å². The molecule has 0 spiro atoms. The van der Waals surface area contributed by atoms with E-state index in [0.29, 0.717) is 5.92 Å². The first-order valence-corrected chi connectivity index (χ1v) is 9.09. The Bertz CT molecular complexity index is 505. The van der Waals surface area contributed by atoms with Crippen molar-refractivity contribution >= 4 is 5.96 Å². The SMILES string of the molecule is CCCCOCCCNC(=NC)NCC1CCOc2ccccc21. The van der Waals surface area contributed by atoms with Crippen LogP contribution in [-0.2, 0) is 4.74 Å². The number of aliphatic imine (C=N–C) groups is 1. The molecule has 0 fully saturated rings. The fraction of sp³-hybridized carbons (Fsp3) is 0.632. The van der Waals surface area contributed by atoms with Gasteiger partial charge in [-0.15, -0.1) is 0 Å². The Morgan fingerprint density at radius 3 is 2.92 bits per heavy atom. The van der Waals surface area contributed by atoms with Crippen LogP contribution >= 0.6 is 0 Å². The Kier molecular flexibility index (Phi) is 8.46. The summed E-state index contributed by atoms with van der Waals surface area (Å²) in [6.07, 6.45) is 4.35. The van der Waals surface area contributed by atoms with E-state index >= 15 is 0 Å². The lowest BCUT2D eigenvalue weighted by Crippen LogP contribution is -2.40. The van der Waals surface area contributed by atoms with Crippen LogP contribution in [0.1, 0.15) is 44.1 Å². The highest BCUT2D eigenvalue weighted by atomic mass is 16.5. The number of hydrogen-bond acceptors (Lipinski definition) is 3. The Hall–Kier alpha value is -1.75. The number of rotatable bonds is 9. The average Bonchev–Trinajstić information content (AvgIpc) is 2.63. The van der Waals surface area contributed by atoms with Crippen molar-refractivity contribution in [2.45, 2.75) is 38.5 Å². The minimum absolute atomic E-state index is 0.464. The van der Waals surface area contributed by atoms with Crippen LogP contribution in [0.3, 0.4) is 0 Å². The lowest BCUT2D eigenvalue weighted by atomic mass is 9.93. The smallest absolute Gasteiger partial charge is 0.190 e. The summed E-state index contributed by atoms with van der Waals surface area (Å²) in [6.45, 7) is 6.37. The molecule has 0 bridgehead atoms. The average molecular weight is 333 g/mol. The third-order valence-corrected chi connectivity index (χ3v) is 4.22. The van der Waals surface area contributed by atoms with Crippen molar-refractivity contribution in [2.24, 2.45) is 4.99 Å². The van der Waals surface area contributed by atoms with Crippen LogP contribution in [-0.4, -0.2) is 45.9 Å². The second-order valence-electron chi connectivity index (χ2n) is 6.07. The van der Waals surface area contributed by atoms with Crippen molar-refractivity contribution in [3.63, 3.8) is 0 Å². The molecule has 134 valence electrons. The highest BCUT2D eigenvalue weighted by molar-refractivity contribution is 5.79. The van der Waals surface area contributed by atoms with Crippen LogP contribution in [0.2, 0.25) is 0 Å². The molecule has 1 aromatic rings. The van der Waals surface area contributed by atoms with E-state index in [9.17, 15) is 0 Å². The fourth-order valence-corrected chi connectivity index (χ4v) is 2.80. The van der Waals surface area contributed by atoms with Gasteiger partial charge in [0.2, 0.25) is 0 Å². The topological polar surface area (TPSA) is 54.9 Å². The zero-order chi connectivity index (χ0) is 17.0. The molecule has 0 saturated carbocycles. The fourth-order valence-electron chi connectivity index (χ4n) is 2.80. The van der Waals surface area contributed by atoms with E-state index in [-0.39, 0.29) is 0 Å². The number of guanidine groups is 1. The summed E-state index contributed by atoms with van der Waals surface area (Å²) in [6, 6.07) is 8.31. The van der Waals surface area contributed by atoms with Gasteiger partial charge in [0.25, 0.3) is 0 Å². The van der Waals surface area contributed by atoms with Gasteiger partial charge in [0.15, 0.2) is 5.96 Å². The molecule has 24 heavy (non-hydrogen) atoms. The van der Waals surface area contributed by atoms with Crippen molar-refractivity contribution in [3.05, 3.63) is 29.8 Å². The molecule has 0 radical (unpaired) electrons. The summed E-state index contributed by atoms with van der Waals surface area (Å²) in [5, 5.41) is 6.79. The lowest BCUT2D eigenvalue weighted by Gasteiger charge is -2.26. The molecule has 2 rings (SSSR count). The molecule has 0 saturated heterocycles. The minimum Gasteiger partial charge on any atom is -0.493 e. The Labute approximate surface area is 145 Å².